The van der Waals surface area contributed by atoms with Crippen LogP contribution in [0.25, 0.3) is 0 Å². The number of nitrogens with one attached hydrogen (secondary N) is 1. The largest absolute Gasteiger partial charge is 0.306 e. The third-order valence-electron chi connectivity index (χ3n) is 5.23. The highest BCUT2D eigenvalue weighted by atomic mass is 15.3. The molecule has 0 aliphatic heterocycles. The zero-order valence-electron chi connectivity index (χ0n) is 10.3. The summed E-state index contributed by atoms with van der Waals surface area (Å²) >= 11 is 0. The third kappa shape index (κ3) is 1.39. The molecule has 4 atom stereocenters. The normalized spacial score (nSPS) is 41.8. The molecule has 2 bridgehead atoms. The minimum atomic E-state index is 0.795. The number of nitrogens with zero attached hydrogens (tertiary/aromatic N) is 3. The lowest BCUT2D eigenvalue weighted by atomic mass is 10.0. The first kappa shape index (κ1) is 10.1. The van der Waals surface area contributed by atoms with E-state index in [2.05, 4.69) is 22.3 Å². The average molecular weight is 232 g/mol. The van der Waals surface area contributed by atoms with Crippen molar-refractivity contribution in [2.45, 2.75) is 45.3 Å². The van der Waals surface area contributed by atoms with Crippen LogP contribution in [0.1, 0.15) is 32.0 Å². The van der Waals surface area contributed by atoms with Crippen LogP contribution in [0.3, 0.4) is 0 Å². The minimum absolute atomic E-state index is 0.795. The summed E-state index contributed by atoms with van der Waals surface area (Å²) in [6.07, 6.45) is 6.18. The van der Waals surface area contributed by atoms with E-state index < -0.39 is 0 Å². The molecule has 4 unspecified atom stereocenters. The zero-order valence-corrected chi connectivity index (χ0v) is 10.3. The molecule has 92 valence electrons. The van der Waals surface area contributed by atoms with Gasteiger partial charge in [0.25, 0.3) is 0 Å². The number of aryl methyl sites for hydroxylation is 1. The Balaban J connectivity index is 1.38. The highest BCUT2D eigenvalue weighted by molar-refractivity contribution is 5.16. The Kier molecular flexibility index (Phi) is 2.10. The summed E-state index contributed by atoms with van der Waals surface area (Å²) in [5.74, 6) is 5.20. The lowest BCUT2D eigenvalue weighted by Crippen LogP contribution is -2.24. The first-order valence-corrected chi connectivity index (χ1v) is 6.98. The van der Waals surface area contributed by atoms with Crippen LogP contribution in [0, 0.1) is 23.7 Å². The van der Waals surface area contributed by atoms with Crippen LogP contribution < -0.4 is 5.32 Å². The van der Waals surface area contributed by atoms with Gasteiger partial charge in [-0.05, 0) is 49.9 Å². The van der Waals surface area contributed by atoms with E-state index in [9.17, 15) is 0 Å². The van der Waals surface area contributed by atoms with Gasteiger partial charge in [-0.3, -0.25) is 0 Å². The summed E-state index contributed by atoms with van der Waals surface area (Å²) < 4.78 is 1.99. The summed E-state index contributed by atoms with van der Waals surface area (Å²) in [5, 5.41) is 7.93. The van der Waals surface area contributed by atoms with Crippen molar-refractivity contribution in [3.8, 4) is 0 Å². The van der Waals surface area contributed by atoms with Gasteiger partial charge in [0.2, 0.25) is 0 Å². The molecule has 4 nitrogen and oxygen atoms in total. The van der Waals surface area contributed by atoms with E-state index in [1.807, 2.05) is 4.68 Å². The predicted octanol–water partition coefficient (Wildman–Crippen LogP) is 1.43. The molecule has 0 saturated heterocycles. The Labute approximate surface area is 102 Å². The molecule has 3 aliphatic carbocycles. The van der Waals surface area contributed by atoms with Gasteiger partial charge in [0, 0.05) is 12.6 Å². The van der Waals surface area contributed by atoms with Gasteiger partial charge in [-0.2, -0.15) is 5.10 Å². The van der Waals surface area contributed by atoms with Crippen molar-refractivity contribution < 1.29 is 0 Å². The Morgan fingerprint density at radius 2 is 2.12 bits per heavy atom. The second kappa shape index (κ2) is 3.55. The van der Waals surface area contributed by atoms with E-state index in [1.165, 1.54) is 19.3 Å². The van der Waals surface area contributed by atoms with Crippen LogP contribution in [0.4, 0.5) is 0 Å². The van der Waals surface area contributed by atoms with Crippen LogP contribution in [0.5, 0.6) is 0 Å². The predicted molar refractivity (Wildman–Crippen MR) is 64.1 cm³/mol. The standard InChI is InChI=1S/C13H20N4/c1-2-17-10(15-7-16-17)6-14-13-11-8-3-4-9(5-8)12(11)13/h7-9,11-14H,2-6H2,1H3. The van der Waals surface area contributed by atoms with Gasteiger partial charge in [0.15, 0.2) is 0 Å². The number of hydrogen-bond acceptors (Lipinski definition) is 3. The van der Waals surface area contributed by atoms with Gasteiger partial charge in [-0.15, -0.1) is 0 Å². The Morgan fingerprint density at radius 3 is 2.82 bits per heavy atom. The Morgan fingerprint density at radius 1 is 1.35 bits per heavy atom. The fourth-order valence-electron chi connectivity index (χ4n) is 4.50. The molecule has 3 fully saturated rings. The molecule has 0 aromatic carbocycles. The van der Waals surface area contributed by atoms with Gasteiger partial charge < -0.3 is 5.32 Å². The average Bonchev–Trinajstić information content (AvgIpc) is 2.80. The van der Waals surface area contributed by atoms with Crippen molar-refractivity contribution in [3.63, 3.8) is 0 Å². The van der Waals surface area contributed by atoms with E-state index in [0.717, 1.165) is 48.6 Å². The molecule has 1 N–H and O–H groups in total. The van der Waals surface area contributed by atoms with Gasteiger partial charge in [0.1, 0.15) is 12.2 Å². The van der Waals surface area contributed by atoms with Crippen LogP contribution in [0.15, 0.2) is 6.33 Å². The lowest BCUT2D eigenvalue weighted by Gasteiger charge is -2.10. The Hall–Kier alpha value is -0.900. The highest BCUT2D eigenvalue weighted by Crippen LogP contribution is 2.65. The SMILES string of the molecule is CCn1ncnc1CNC1C2C3CCC(C3)C12. The smallest absolute Gasteiger partial charge is 0.140 e. The van der Waals surface area contributed by atoms with Crippen molar-refractivity contribution >= 4 is 0 Å². The monoisotopic (exact) mass is 232 g/mol. The number of hydrogen-bond donors (Lipinski definition) is 1. The van der Waals surface area contributed by atoms with E-state index >= 15 is 0 Å². The molecular weight excluding hydrogens is 212 g/mol. The molecule has 4 rings (SSSR count). The molecule has 4 heteroatoms. The van der Waals surface area contributed by atoms with Crippen LogP contribution >= 0.6 is 0 Å². The summed E-state index contributed by atoms with van der Waals surface area (Å²) in [6.45, 7) is 3.93. The lowest BCUT2D eigenvalue weighted by molar-refractivity contribution is 0.451. The minimum Gasteiger partial charge on any atom is -0.306 e. The molecule has 1 heterocycles. The number of fused-ring (bicyclic) bond motifs is 5. The first-order valence-electron chi connectivity index (χ1n) is 6.98. The maximum atomic E-state index is 4.32. The third-order valence-corrected chi connectivity index (χ3v) is 5.23. The Bertz CT molecular complexity index is 411. The maximum Gasteiger partial charge on any atom is 0.140 e. The molecule has 3 aliphatic rings. The van der Waals surface area contributed by atoms with Crippen molar-refractivity contribution in [1.29, 1.82) is 0 Å². The van der Waals surface area contributed by atoms with Gasteiger partial charge in [0.05, 0.1) is 6.54 Å². The summed E-state index contributed by atoms with van der Waals surface area (Å²) in [4.78, 5) is 4.32. The van der Waals surface area contributed by atoms with Crippen LogP contribution in [-0.4, -0.2) is 20.8 Å². The van der Waals surface area contributed by atoms with E-state index in [-0.39, 0.29) is 0 Å². The van der Waals surface area contributed by atoms with Gasteiger partial charge >= 0.3 is 0 Å². The van der Waals surface area contributed by atoms with Gasteiger partial charge in [-0.1, -0.05) is 0 Å². The van der Waals surface area contributed by atoms with Crippen LogP contribution in [0.2, 0.25) is 0 Å². The van der Waals surface area contributed by atoms with E-state index in [1.54, 1.807) is 6.33 Å². The molecule has 0 radical (unpaired) electrons. The molecule has 17 heavy (non-hydrogen) atoms. The molecule has 0 spiro atoms. The van der Waals surface area contributed by atoms with Crippen LogP contribution in [-0.2, 0) is 13.1 Å². The highest BCUT2D eigenvalue weighted by Gasteiger charge is 2.64. The molecule has 3 saturated carbocycles. The summed E-state index contributed by atoms with van der Waals surface area (Å²) in [6, 6.07) is 0.795. The van der Waals surface area contributed by atoms with Crippen molar-refractivity contribution in [2.75, 3.05) is 0 Å². The fourth-order valence-corrected chi connectivity index (χ4v) is 4.50. The molecule has 1 aromatic heterocycles. The maximum absolute atomic E-state index is 4.32. The van der Waals surface area contributed by atoms with E-state index in [0.29, 0.717) is 0 Å². The number of rotatable bonds is 4. The molecule has 0 amide bonds. The second-order valence-corrected chi connectivity index (χ2v) is 5.89. The van der Waals surface area contributed by atoms with Gasteiger partial charge in [-0.25, -0.2) is 9.67 Å². The van der Waals surface area contributed by atoms with Crippen molar-refractivity contribution in [3.05, 3.63) is 12.2 Å². The second-order valence-electron chi connectivity index (χ2n) is 5.89. The first-order chi connectivity index (χ1) is 8.38. The quantitative estimate of drug-likeness (QED) is 0.854. The molecule has 1 aromatic rings. The summed E-state index contributed by atoms with van der Waals surface area (Å²) in [5.41, 5.74) is 0. The number of aromatic nitrogens is 3. The van der Waals surface area contributed by atoms with Crippen molar-refractivity contribution in [1.82, 2.24) is 20.1 Å². The fraction of sp³-hybridized carbons (Fsp3) is 0.846. The zero-order chi connectivity index (χ0) is 11.4. The topological polar surface area (TPSA) is 42.7 Å². The van der Waals surface area contributed by atoms with E-state index in [4.69, 9.17) is 0 Å². The van der Waals surface area contributed by atoms with Crippen molar-refractivity contribution in [2.24, 2.45) is 23.7 Å². The molecular formula is C13H20N4. The summed E-state index contributed by atoms with van der Waals surface area (Å²) in [7, 11) is 0.